The Morgan fingerprint density at radius 2 is 2.00 bits per heavy atom. The van der Waals surface area contributed by atoms with Crippen LogP contribution in [0.5, 0.6) is 0 Å². The molecule has 0 spiro atoms. The van der Waals surface area contributed by atoms with Crippen molar-refractivity contribution < 1.29 is 14.7 Å². The first kappa shape index (κ1) is 16.1. The number of hydrogen-bond donors (Lipinski definition) is 2. The summed E-state index contributed by atoms with van der Waals surface area (Å²) in [4.78, 5) is 27.6. The van der Waals surface area contributed by atoms with Crippen LogP contribution in [0.25, 0.3) is 0 Å². The maximum Gasteiger partial charge on any atom is 0.317 e. The van der Waals surface area contributed by atoms with Crippen LogP contribution in [0.15, 0.2) is 0 Å². The third kappa shape index (κ3) is 3.87. The molecular formula is C15H27N3O3. The molecular weight excluding hydrogens is 270 g/mol. The molecule has 0 radical (unpaired) electrons. The van der Waals surface area contributed by atoms with Gasteiger partial charge in [0.25, 0.3) is 0 Å². The first-order valence-electron chi connectivity index (χ1n) is 7.88. The molecule has 0 bridgehead atoms. The van der Waals surface area contributed by atoms with Crippen LogP contribution in [0.2, 0.25) is 0 Å². The topological polar surface area (TPSA) is 72.9 Å². The predicted molar refractivity (Wildman–Crippen MR) is 80.3 cm³/mol. The Labute approximate surface area is 126 Å². The molecule has 6 nitrogen and oxygen atoms in total. The molecule has 0 aromatic rings. The summed E-state index contributed by atoms with van der Waals surface area (Å²) in [7, 11) is 3.80. The molecule has 1 saturated heterocycles. The van der Waals surface area contributed by atoms with Crippen LogP contribution in [0.4, 0.5) is 4.79 Å². The fourth-order valence-corrected chi connectivity index (χ4v) is 3.66. The quantitative estimate of drug-likeness (QED) is 0.825. The number of carboxylic acid groups (broad SMARTS) is 1. The van der Waals surface area contributed by atoms with E-state index < -0.39 is 11.5 Å². The van der Waals surface area contributed by atoms with Gasteiger partial charge in [-0.1, -0.05) is 19.3 Å². The van der Waals surface area contributed by atoms with Gasteiger partial charge in [-0.3, -0.25) is 4.79 Å². The number of rotatable bonds is 4. The molecule has 1 atom stereocenters. The number of nitrogens with zero attached hydrogens (tertiary/aromatic N) is 2. The Morgan fingerprint density at radius 3 is 2.52 bits per heavy atom. The summed E-state index contributed by atoms with van der Waals surface area (Å²) < 4.78 is 0. The van der Waals surface area contributed by atoms with Crippen LogP contribution in [-0.2, 0) is 4.79 Å². The van der Waals surface area contributed by atoms with Gasteiger partial charge in [0.1, 0.15) is 0 Å². The fourth-order valence-electron chi connectivity index (χ4n) is 3.66. The Kier molecular flexibility index (Phi) is 5.08. The van der Waals surface area contributed by atoms with Crippen LogP contribution in [0.1, 0.15) is 44.9 Å². The van der Waals surface area contributed by atoms with Crippen LogP contribution in [0, 0.1) is 0 Å². The lowest BCUT2D eigenvalue weighted by molar-refractivity contribution is -0.140. The molecule has 21 heavy (non-hydrogen) atoms. The van der Waals surface area contributed by atoms with Crippen molar-refractivity contribution in [3.63, 3.8) is 0 Å². The zero-order chi connectivity index (χ0) is 15.5. The Bertz CT molecular complexity index is 394. The number of amides is 2. The van der Waals surface area contributed by atoms with Gasteiger partial charge in [0.15, 0.2) is 0 Å². The van der Waals surface area contributed by atoms with Crippen LogP contribution in [0.3, 0.4) is 0 Å². The normalized spacial score (nSPS) is 25.5. The van der Waals surface area contributed by atoms with Gasteiger partial charge in [-0.15, -0.1) is 0 Å². The SMILES string of the molecule is CN1CCC(NC(=O)N(C)C2(CC(=O)O)CCCCC2)C1. The minimum atomic E-state index is -0.822. The highest BCUT2D eigenvalue weighted by Gasteiger charge is 2.41. The summed E-state index contributed by atoms with van der Waals surface area (Å²) >= 11 is 0. The predicted octanol–water partition coefficient (Wildman–Crippen LogP) is 1.51. The first-order valence-corrected chi connectivity index (χ1v) is 7.88. The summed E-state index contributed by atoms with van der Waals surface area (Å²) in [6.07, 6.45) is 5.70. The van der Waals surface area contributed by atoms with Crippen molar-refractivity contribution in [3.05, 3.63) is 0 Å². The molecule has 2 rings (SSSR count). The molecule has 1 saturated carbocycles. The zero-order valence-electron chi connectivity index (χ0n) is 13.1. The van der Waals surface area contributed by atoms with E-state index in [0.29, 0.717) is 0 Å². The monoisotopic (exact) mass is 297 g/mol. The van der Waals surface area contributed by atoms with Crippen molar-refractivity contribution in [2.24, 2.45) is 0 Å². The van der Waals surface area contributed by atoms with E-state index in [1.807, 2.05) is 7.05 Å². The van der Waals surface area contributed by atoms with Gasteiger partial charge in [0, 0.05) is 19.6 Å². The standard InChI is InChI=1S/C15H27N3O3/c1-17-9-6-12(11-17)16-14(21)18(2)15(10-13(19)20)7-4-3-5-8-15/h12H,3-11H2,1-2H3,(H,16,21)(H,19,20). The summed E-state index contributed by atoms with van der Waals surface area (Å²) in [5.41, 5.74) is -0.515. The van der Waals surface area contributed by atoms with Crippen molar-refractivity contribution in [1.82, 2.24) is 15.1 Å². The van der Waals surface area contributed by atoms with E-state index in [2.05, 4.69) is 10.2 Å². The van der Waals surface area contributed by atoms with E-state index in [4.69, 9.17) is 0 Å². The highest BCUT2D eigenvalue weighted by atomic mass is 16.4. The Morgan fingerprint density at radius 1 is 1.33 bits per heavy atom. The molecule has 2 fully saturated rings. The van der Waals surface area contributed by atoms with Gasteiger partial charge in [0.2, 0.25) is 0 Å². The number of carboxylic acids is 1. The fraction of sp³-hybridized carbons (Fsp3) is 0.867. The molecule has 0 aromatic carbocycles. The number of likely N-dealkylation sites (N-methyl/N-ethyl adjacent to an activating group) is 1. The van der Waals surface area contributed by atoms with Gasteiger partial charge in [0.05, 0.1) is 12.0 Å². The average molecular weight is 297 g/mol. The van der Waals surface area contributed by atoms with E-state index in [-0.39, 0.29) is 18.5 Å². The molecule has 1 aliphatic carbocycles. The lowest BCUT2D eigenvalue weighted by Gasteiger charge is -2.44. The van der Waals surface area contributed by atoms with E-state index in [1.165, 1.54) is 0 Å². The van der Waals surface area contributed by atoms with E-state index >= 15 is 0 Å². The Balaban J connectivity index is 2.01. The van der Waals surface area contributed by atoms with Crippen LogP contribution >= 0.6 is 0 Å². The van der Waals surface area contributed by atoms with Gasteiger partial charge in [-0.05, 0) is 32.9 Å². The number of nitrogens with one attached hydrogen (secondary N) is 1. The smallest absolute Gasteiger partial charge is 0.317 e. The van der Waals surface area contributed by atoms with Gasteiger partial charge >= 0.3 is 12.0 Å². The average Bonchev–Trinajstić information content (AvgIpc) is 2.83. The minimum Gasteiger partial charge on any atom is -0.481 e. The third-order valence-corrected chi connectivity index (χ3v) is 5.00. The van der Waals surface area contributed by atoms with Crippen molar-refractivity contribution in [2.45, 2.75) is 56.5 Å². The van der Waals surface area contributed by atoms with Crippen molar-refractivity contribution in [3.8, 4) is 0 Å². The molecule has 1 unspecified atom stereocenters. The minimum absolute atomic E-state index is 0.0431. The second-order valence-corrected chi connectivity index (χ2v) is 6.61. The number of aliphatic carboxylic acids is 1. The molecule has 2 amide bonds. The van der Waals surface area contributed by atoms with Crippen LogP contribution < -0.4 is 5.32 Å². The number of urea groups is 1. The maximum absolute atomic E-state index is 12.5. The third-order valence-electron chi connectivity index (χ3n) is 5.00. The molecule has 2 aliphatic rings. The first-order chi connectivity index (χ1) is 9.93. The van der Waals surface area contributed by atoms with Crippen molar-refractivity contribution in [2.75, 3.05) is 27.2 Å². The van der Waals surface area contributed by atoms with E-state index in [1.54, 1.807) is 11.9 Å². The highest BCUT2D eigenvalue weighted by molar-refractivity contribution is 5.77. The number of hydrogen-bond acceptors (Lipinski definition) is 3. The van der Waals surface area contributed by atoms with Gasteiger partial charge in [-0.25, -0.2) is 4.79 Å². The maximum atomic E-state index is 12.5. The number of likely N-dealkylation sites (tertiary alicyclic amines) is 1. The molecule has 6 heteroatoms. The summed E-state index contributed by atoms with van der Waals surface area (Å²) in [5, 5.41) is 12.3. The molecule has 120 valence electrons. The van der Waals surface area contributed by atoms with Crippen LogP contribution in [-0.4, -0.2) is 65.7 Å². The van der Waals surface area contributed by atoms with Crippen molar-refractivity contribution in [1.29, 1.82) is 0 Å². The van der Waals surface area contributed by atoms with E-state index in [9.17, 15) is 14.7 Å². The molecule has 1 aliphatic heterocycles. The van der Waals surface area contributed by atoms with Gasteiger partial charge in [-0.2, -0.15) is 0 Å². The summed E-state index contributed by atoms with van der Waals surface area (Å²) in [6.45, 7) is 1.86. The largest absolute Gasteiger partial charge is 0.481 e. The molecule has 1 heterocycles. The highest BCUT2D eigenvalue weighted by Crippen LogP contribution is 2.36. The zero-order valence-corrected chi connectivity index (χ0v) is 13.1. The second kappa shape index (κ2) is 6.64. The van der Waals surface area contributed by atoms with E-state index in [0.717, 1.165) is 51.6 Å². The second-order valence-electron chi connectivity index (χ2n) is 6.61. The Hall–Kier alpha value is -1.30. The lowest BCUT2D eigenvalue weighted by Crippen LogP contribution is -2.56. The molecule has 0 aromatic heterocycles. The summed E-state index contributed by atoms with van der Waals surface area (Å²) in [6, 6.07) is 0.0499. The lowest BCUT2D eigenvalue weighted by atomic mass is 9.78. The number of carbonyl (C=O) groups excluding carboxylic acids is 1. The number of carbonyl (C=O) groups is 2. The van der Waals surface area contributed by atoms with Gasteiger partial charge < -0.3 is 20.2 Å². The summed E-state index contributed by atoms with van der Waals surface area (Å²) in [5.74, 6) is -0.822. The molecule has 2 N–H and O–H groups in total. The van der Waals surface area contributed by atoms with Crippen molar-refractivity contribution >= 4 is 12.0 Å².